The molecule has 2 rings (SSSR count). The zero-order valence-corrected chi connectivity index (χ0v) is 12.5. The summed E-state index contributed by atoms with van der Waals surface area (Å²) in [6, 6.07) is 5.41. The number of rotatable bonds is 4. The fourth-order valence-corrected chi connectivity index (χ4v) is 2.55. The molecule has 0 spiro atoms. The molecule has 1 fully saturated rings. The maximum Gasteiger partial charge on any atom is 0.253 e. The Morgan fingerprint density at radius 2 is 2.25 bits per heavy atom. The molecule has 1 amide bonds. The molecular formula is C15H24N4O. The highest BCUT2D eigenvalue weighted by Gasteiger charge is 2.19. The van der Waals surface area contributed by atoms with Crippen molar-refractivity contribution in [2.45, 2.75) is 6.42 Å². The van der Waals surface area contributed by atoms with E-state index in [2.05, 4.69) is 17.3 Å². The summed E-state index contributed by atoms with van der Waals surface area (Å²) in [6.07, 6.45) is 1.21. The van der Waals surface area contributed by atoms with Crippen LogP contribution in [0.5, 0.6) is 0 Å². The molecule has 1 aliphatic heterocycles. The fourth-order valence-electron chi connectivity index (χ4n) is 2.55. The summed E-state index contributed by atoms with van der Waals surface area (Å²) in [5.74, 6) is 0.640. The van der Waals surface area contributed by atoms with Gasteiger partial charge in [0.2, 0.25) is 0 Å². The predicted octanol–water partition coefficient (Wildman–Crippen LogP) is 1.33. The predicted molar refractivity (Wildman–Crippen MR) is 83.0 cm³/mol. The number of nitrogens with one attached hydrogen (secondary N) is 1. The van der Waals surface area contributed by atoms with E-state index in [-0.39, 0.29) is 5.91 Å². The van der Waals surface area contributed by atoms with Gasteiger partial charge in [-0.3, -0.25) is 4.79 Å². The van der Waals surface area contributed by atoms with Gasteiger partial charge in [-0.1, -0.05) is 0 Å². The van der Waals surface area contributed by atoms with Crippen LogP contribution in [0.3, 0.4) is 0 Å². The van der Waals surface area contributed by atoms with Crippen molar-refractivity contribution >= 4 is 17.3 Å². The number of hydrogen-bond donors (Lipinski definition) is 2. The number of amides is 1. The van der Waals surface area contributed by atoms with Gasteiger partial charge in [-0.2, -0.15) is 0 Å². The van der Waals surface area contributed by atoms with Crippen molar-refractivity contribution in [3.8, 4) is 0 Å². The first-order chi connectivity index (χ1) is 9.47. The largest absolute Gasteiger partial charge is 0.397 e. The lowest BCUT2D eigenvalue weighted by Crippen LogP contribution is -2.22. The number of likely N-dealkylation sites (tertiary alicyclic amines) is 1. The molecule has 20 heavy (non-hydrogen) atoms. The maximum atomic E-state index is 12.0. The molecule has 1 atom stereocenters. The summed E-state index contributed by atoms with van der Waals surface area (Å²) in [5, 5.41) is 3.39. The van der Waals surface area contributed by atoms with Gasteiger partial charge in [0.1, 0.15) is 0 Å². The first-order valence-electron chi connectivity index (χ1n) is 7.01. The Hall–Kier alpha value is -1.75. The van der Waals surface area contributed by atoms with Crippen molar-refractivity contribution in [3.63, 3.8) is 0 Å². The monoisotopic (exact) mass is 276 g/mol. The lowest BCUT2D eigenvalue weighted by Gasteiger charge is -2.16. The van der Waals surface area contributed by atoms with Gasteiger partial charge in [-0.15, -0.1) is 0 Å². The van der Waals surface area contributed by atoms with Crippen LogP contribution in [0.25, 0.3) is 0 Å². The summed E-state index contributed by atoms with van der Waals surface area (Å²) in [4.78, 5) is 15.9. The Bertz CT molecular complexity index is 487. The average Bonchev–Trinajstić information content (AvgIpc) is 2.82. The van der Waals surface area contributed by atoms with E-state index in [0.29, 0.717) is 17.2 Å². The zero-order chi connectivity index (χ0) is 14.7. The van der Waals surface area contributed by atoms with Crippen molar-refractivity contribution < 1.29 is 4.79 Å². The van der Waals surface area contributed by atoms with E-state index in [1.807, 2.05) is 6.07 Å². The van der Waals surface area contributed by atoms with Gasteiger partial charge in [0, 0.05) is 32.7 Å². The van der Waals surface area contributed by atoms with Gasteiger partial charge in [-0.05, 0) is 44.1 Å². The zero-order valence-electron chi connectivity index (χ0n) is 12.5. The summed E-state index contributed by atoms with van der Waals surface area (Å²) >= 11 is 0. The number of carbonyl (C=O) groups is 1. The molecule has 1 saturated heterocycles. The molecule has 1 heterocycles. The van der Waals surface area contributed by atoms with Crippen LogP contribution in [0.15, 0.2) is 18.2 Å². The van der Waals surface area contributed by atoms with Gasteiger partial charge in [-0.25, -0.2) is 0 Å². The summed E-state index contributed by atoms with van der Waals surface area (Å²) in [5.41, 5.74) is 8.18. The van der Waals surface area contributed by atoms with Crippen molar-refractivity contribution in [3.05, 3.63) is 23.8 Å². The third kappa shape index (κ3) is 3.42. The minimum Gasteiger partial charge on any atom is -0.397 e. The molecule has 0 saturated carbocycles. The van der Waals surface area contributed by atoms with Crippen LogP contribution in [0.1, 0.15) is 16.8 Å². The normalized spacial score (nSPS) is 19.1. The second-order valence-electron chi connectivity index (χ2n) is 5.80. The van der Waals surface area contributed by atoms with Crippen molar-refractivity contribution in [2.24, 2.45) is 5.92 Å². The molecule has 3 N–H and O–H groups in total. The van der Waals surface area contributed by atoms with E-state index in [4.69, 9.17) is 5.73 Å². The summed E-state index contributed by atoms with van der Waals surface area (Å²) in [6.45, 7) is 3.17. The van der Waals surface area contributed by atoms with Crippen LogP contribution in [0, 0.1) is 5.92 Å². The fraction of sp³-hybridized carbons (Fsp3) is 0.533. The molecule has 0 aromatic heterocycles. The van der Waals surface area contributed by atoms with Crippen LogP contribution in [-0.4, -0.2) is 56.5 Å². The Balaban J connectivity index is 2.03. The Labute approximate surface area is 120 Å². The maximum absolute atomic E-state index is 12.0. The smallest absolute Gasteiger partial charge is 0.253 e. The topological polar surface area (TPSA) is 61.6 Å². The highest BCUT2D eigenvalue weighted by molar-refractivity contribution is 5.95. The summed E-state index contributed by atoms with van der Waals surface area (Å²) in [7, 11) is 5.64. The number of nitrogens with zero attached hydrogens (tertiary/aromatic N) is 2. The molecule has 5 heteroatoms. The molecule has 110 valence electrons. The summed E-state index contributed by atoms with van der Waals surface area (Å²) < 4.78 is 0. The number of carbonyl (C=O) groups excluding carboxylic acids is 1. The Morgan fingerprint density at radius 3 is 2.85 bits per heavy atom. The first-order valence-corrected chi connectivity index (χ1v) is 7.01. The van der Waals surface area contributed by atoms with Crippen LogP contribution in [0.2, 0.25) is 0 Å². The van der Waals surface area contributed by atoms with Gasteiger partial charge >= 0.3 is 0 Å². The number of anilines is 2. The van der Waals surface area contributed by atoms with Gasteiger partial charge in [0.25, 0.3) is 5.91 Å². The molecule has 1 aromatic rings. The molecule has 1 unspecified atom stereocenters. The van der Waals surface area contributed by atoms with Crippen molar-refractivity contribution in [1.82, 2.24) is 9.80 Å². The van der Waals surface area contributed by atoms with Crippen molar-refractivity contribution in [2.75, 3.05) is 51.8 Å². The molecule has 0 aliphatic carbocycles. The van der Waals surface area contributed by atoms with Gasteiger partial charge in [0.15, 0.2) is 0 Å². The molecular weight excluding hydrogens is 252 g/mol. The lowest BCUT2D eigenvalue weighted by atomic mass is 10.1. The number of hydrogen-bond acceptors (Lipinski definition) is 4. The molecule has 0 radical (unpaired) electrons. The molecule has 5 nitrogen and oxygen atoms in total. The molecule has 1 aliphatic rings. The van der Waals surface area contributed by atoms with E-state index in [1.165, 1.54) is 6.42 Å². The SMILES string of the molecule is CN1CCC(CNc2cc(C(=O)N(C)C)ccc2N)C1. The Kier molecular flexibility index (Phi) is 4.49. The number of nitrogen functional groups attached to an aromatic ring is 1. The highest BCUT2D eigenvalue weighted by atomic mass is 16.2. The minimum absolute atomic E-state index is 0.00588. The lowest BCUT2D eigenvalue weighted by molar-refractivity contribution is 0.0827. The van der Waals surface area contributed by atoms with Crippen molar-refractivity contribution in [1.29, 1.82) is 0 Å². The quantitative estimate of drug-likeness (QED) is 0.815. The second-order valence-corrected chi connectivity index (χ2v) is 5.80. The van der Waals surface area contributed by atoms with E-state index in [0.717, 1.165) is 25.3 Å². The van der Waals surface area contributed by atoms with E-state index in [9.17, 15) is 4.79 Å². The Morgan fingerprint density at radius 1 is 1.50 bits per heavy atom. The minimum atomic E-state index is -0.00588. The number of benzene rings is 1. The van der Waals surface area contributed by atoms with Crippen LogP contribution in [-0.2, 0) is 0 Å². The van der Waals surface area contributed by atoms with Gasteiger partial charge in [0.05, 0.1) is 11.4 Å². The third-order valence-corrected chi connectivity index (χ3v) is 3.78. The van der Waals surface area contributed by atoms with Crippen LogP contribution >= 0.6 is 0 Å². The molecule has 1 aromatic carbocycles. The standard InChI is InChI=1S/C15H24N4O/c1-18(2)15(20)12-4-5-13(16)14(8-12)17-9-11-6-7-19(3)10-11/h4-5,8,11,17H,6-7,9-10,16H2,1-3H3. The van der Waals surface area contributed by atoms with Crippen LogP contribution in [0.4, 0.5) is 11.4 Å². The van der Waals surface area contributed by atoms with Crippen LogP contribution < -0.4 is 11.1 Å². The van der Waals surface area contributed by atoms with E-state index in [1.54, 1.807) is 31.1 Å². The van der Waals surface area contributed by atoms with Gasteiger partial charge < -0.3 is 20.9 Å². The van der Waals surface area contributed by atoms with E-state index < -0.39 is 0 Å². The first kappa shape index (κ1) is 14.7. The van der Waals surface area contributed by atoms with E-state index >= 15 is 0 Å². The highest BCUT2D eigenvalue weighted by Crippen LogP contribution is 2.22. The molecule has 0 bridgehead atoms. The second kappa shape index (κ2) is 6.13. The number of nitrogens with two attached hydrogens (primary N) is 1. The third-order valence-electron chi connectivity index (χ3n) is 3.78. The average molecular weight is 276 g/mol.